The average Bonchev–Trinajstić information content (AvgIpc) is 2.40. The van der Waals surface area contributed by atoms with Crippen molar-refractivity contribution in [2.75, 3.05) is 0 Å². The maximum Gasteiger partial charge on any atom is 0.0533 e. The molecule has 0 fully saturated rings. The summed E-state index contributed by atoms with van der Waals surface area (Å²) < 4.78 is 0. The van der Waals surface area contributed by atoms with Crippen molar-refractivity contribution in [3.8, 4) is 11.8 Å². The molecule has 2 aromatic carbocycles. The zero-order valence-corrected chi connectivity index (χ0v) is 10.1. The van der Waals surface area contributed by atoms with E-state index < -0.39 is 0 Å². The van der Waals surface area contributed by atoms with Gasteiger partial charge in [-0.2, -0.15) is 0 Å². The maximum atomic E-state index is 8.48. The van der Waals surface area contributed by atoms with E-state index in [9.17, 15) is 0 Å². The third kappa shape index (κ3) is 3.05. The molecule has 2 aromatic rings. The molecule has 0 aliphatic rings. The Morgan fingerprint density at radius 3 is 2.56 bits per heavy atom. The first kappa shape index (κ1) is 12.1. The fraction of sp³-hybridized carbons (Fsp3) is 0. The Hall–Kier alpha value is -2.40. The zero-order chi connectivity index (χ0) is 12.8. The van der Waals surface area contributed by atoms with E-state index >= 15 is 0 Å². The van der Waals surface area contributed by atoms with Gasteiger partial charge in [-0.05, 0) is 35.9 Å². The number of hydrogen-bond acceptors (Lipinski definition) is 1. The minimum Gasteiger partial charge on any atom is -0.0843 e. The summed E-state index contributed by atoms with van der Waals surface area (Å²) in [5.41, 5.74) is 10.5. The summed E-state index contributed by atoms with van der Waals surface area (Å²) in [6, 6.07) is 14.6. The highest BCUT2D eigenvalue weighted by Crippen LogP contribution is 2.22. The normalized spacial score (nSPS) is 8.94. The van der Waals surface area contributed by atoms with Gasteiger partial charge < -0.3 is 0 Å². The van der Waals surface area contributed by atoms with Gasteiger partial charge in [0.15, 0.2) is 0 Å². The minimum atomic E-state index is 0.477. The largest absolute Gasteiger partial charge is 0.0843 e. The first-order chi connectivity index (χ1) is 8.79. The molecule has 0 N–H and O–H groups in total. The molecule has 3 nitrogen and oxygen atoms in total. The molecule has 0 saturated heterocycles. The third-order valence-electron chi connectivity index (χ3n) is 2.23. The molecule has 0 saturated carbocycles. The Bertz CT molecular complexity index is 662. The van der Waals surface area contributed by atoms with Crippen LogP contribution in [-0.4, -0.2) is 0 Å². The van der Waals surface area contributed by atoms with E-state index in [1.807, 2.05) is 30.3 Å². The van der Waals surface area contributed by atoms with E-state index in [-0.39, 0.29) is 0 Å². The van der Waals surface area contributed by atoms with Crippen molar-refractivity contribution in [2.24, 2.45) is 5.11 Å². The smallest absolute Gasteiger partial charge is 0.0533 e. The SMILES string of the molecule is [N-]=[N+]=Nc1ccc(Cl)cc1C#Cc1ccccc1. The van der Waals surface area contributed by atoms with Gasteiger partial charge in [0.1, 0.15) is 0 Å². The zero-order valence-electron chi connectivity index (χ0n) is 9.34. The van der Waals surface area contributed by atoms with E-state index in [1.54, 1.807) is 18.2 Å². The van der Waals surface area contributed by atoms with Gasteiger partial charge >= 0.3 is 0 Å². The Kier molecular flexibility index (Phi) is 3.88. The fourth-order valence-electron chi connectivity index (χ4n) is 1.40. The second-order valence-corrected chi connectivity index (χ2v) is 3.90. The predicted molar refractivity (Wildman–Crippen MR) is 72.7 cm³/mol. The van der Waals surface area contributed by atoms with Crippen molar-refractivity contribution >= 4 is 17.3 Å². The van der Waals surface area contributed by atoms with E-state index in [0.717, 1.165) is 5.56 Å². The molecule has 0 aliphatic heterocycles. The van der Waals surface area contributed by atoms with E-state index in [0.29, 0.717) is 16.3 Å². The van der Waals surface area contributed by atoms with Gasteiger partial charge in [-0.1, -0.05) is 46.8 Å². The Morgan fingerprint density at radius 1 is 1.06 bits per heavy atom. The first-order valence-electron chi connectivity index (χ1n) is 5.21. The molecule has 0 heterocycles. The summed E-state index contributed by atoms with van der Waals surface area (Å²) in [5, 5.41) is 4.14. The highest BCUT2D eigenvalue weighted by atomic mass is 35.5. The second kappa shape index (κ2) is 5.79. The maximum absolute atomic E-state index is 8.48. The average molecular weight is 254 g/mol. The van der Waals surface area contributed by atoms with Crippen LogP contribution in [0.25, 0.3) is 10.4 Å². The van der Waals surface area contributed by atoms with Crippen LogP contribution in [0.5, 0.6) is 0 Å². The van der Waals surface area contributed by atoms with Crippen LogP contribution in [0.4, 0.5) is 5.69 Å². The lowest BCUT2D eigenvalue weighted by atomic mass is 10.1. The summed E-state index contributed by atoms with van der Waals surface area (Å²) in [5.74, 6) is 5.95. The molecule has 0 spiro atoms. The van der Waals surface area contributed by atoms with Crippen LogP contribution in [0, 0.1) is 11.8 Å². The lowest BCUT2D eigenvalue weighted by Gasteiger charge is -1.97. The van der Waals surface area contributed by atoms with Crippen molar-refractivity contribution in [3.05, 3.63) is 75.1 Å². The molecule has 4 heteroatoms. The second-order valence-electron chi connectivity index (χ2n) is 3.47. The summed E-state index contributed by atoms with van der Waals surface area (Å²) in [7, 11) is 0. The molecule has 86 valence electrons. The van der Waals surface area contributed by atoms with Crippen LogP contribution in [0.15, 0.2) is 53.6 Å². The highest BCUT2D eigenvalue weighted by molar-refractivity contribution is 6.30. The third-order valence-corrected chi connectivity index (χ3v) is 2.46. The minimum absolute atomic E-state index is 0.477. The van der Waals surface area contributed by atoms with Crippen LogP contribution < -0.4 is 0 Å². The van der Waals surface area contributed by atoms with Gasteiger partial charge in [-0.3, -0.25) is 0 Å². The van der Waals surface area contributed by atoms with Gasteiger partial charge in [0.05, 0.1) is 5.69 Å². The molecular weight excluding hydrogens is 246 g/mol. The Morgan fingerprint density at radius 2 is 1.83 bits per heavy atom. The lowest BCUT2D eigenvalue weighted by molar-refractivity contribution is 1.45. The molecule has 18 heavy (non-hydrogen) atoms. The number of benzene rings is 2. The molecule has 0 amide bonds. The van der Waals surface area contributed by atoms with E-state index in [4.69, 9.17) is 17.1 Å². The predicted octanol–water partition coefficient (Wildman–Crippen LogP) is 4.68. The van der Waals surface area contributed by atoms with Gasteiger partial charge in [0, 0.05) is 21.1 Å². The first-order valence-corrected chi connectivity index (χ1v) is 5.59. The van der Waals surface area contributed by atoms with Crippen molar-refractivity contribution in [3.63, 3.8) is 0 Å². The molecule has 0 bridgehead atoms. The van der Waals surface area contributed by atoms with Gasteiger partial charge in [0.2, 0.25) is 0 Å². The Labute approximate surface area is 110 Å². The van der Waals surface area contributed by atoms with Gasteiger partial charge in [-0.25, -0.2) is 0 Å². The summed E-state index contributed by atoms with van der Waals surface area (Å²) in [6.45, 7) is 0. The lowest BCUT2D eigenvalue weighted by Crippen LogP contribution is -1.77. The van der Waals surface area contributed by atoms with E-state index in [2.05, 4.69) is 21.9 Å². The van der Waals surface area contributed by atoms with Crippen LogP contribution >= 0.6 is 11.6 Å². The number of nitrogens with zero attached hydrogens (tertiary/aromatic N) is 3. The van der Waals surface area contributed by atoms with Crippen LogP contribution in [0.1, 0.15) is 11.1 Å². The molecule has 0 atom stereocenters. The molecular formula is C14H8ClN3. The van der Waals surface area contributed by atoms with Gasteiger partial charge in [0.25, 0.3) is 0 Å². The van der Waals surface area contributed by atoms with Crippen molar-refractivity contribution in [1.29, 1.82) is 0 Å². The number of azide groups is 1. The standard InChI is InChI=1S/C14H8ClN3/c15-13-8-9-14(17-18-16)12(10-13)7-6-11-4-2-1-3-5-11/h1-5,8-10H. The van der Waals surface area contributed by atoms with Gasteiger partial charge in [-0.15, -0.1) is 0 Å². The summed E-state index contributed by atoms with van der Waals surface area (Å²) >= 11 is 5.90. The number of hydrogen-bond donors (Lipinski definition) is 0. The Balaban J connectivity index is 2.43. The van der Waals surface area contributed by atoms with Crippen LogP contribution in [-0.2, 0) is 0 Å². The van der Waals surface area contributed by atoms with Crippen molar-refractivity contribution in [1.82, 2.24) is 0 Å². The quantitative estimate of drug-likeness (QED) is 0.307. The topological polar surface area (TPSA) is 48.8 Å². The number of halogens is 1. The number of rotatable bonds is 1. The monoisotopic (exact) mass is 253 g/mol. The molecule has 0 aromatic heterocycles. The van der Waals surface area contributed by atoms with Crippen LogP contribution in [0.3, 0.4) is 0 Å². The molecule has 0 unspecified atom stereocenters. The van der Waals surface area contributed by atoms with E-state index in [1.165, 1.54) is 0 Å². The molecule has 0 aliphatic carbocycles. The molecule has 2 rings (SSSR count). The molecule has 0 radical (unpaired) electrons. The highest BCUT2D eigenvalue weighted by Gasteiger charge is 1.98. The van der Waals surface area contributed by atoms with Crippen molar-refractivity contribution in [2.45, 2.75) is 0 Å². The van der Waals surface area contributed by atoms with Crippen LogP contribution in [0.2, 0.25) is 5.02 Å². The summed E-state index contributed by atoms with van der Waals surface area (Å²) in [6.07, 6.45) is 0. The summed E-state index contributed by atoms with van der Waals surface area (Å²) in [4.78, 5) is 2.77. The fourth-order valence-corrected chi connectivity index (χ4v) is 1.58. The van der Waals surface area contributed by atoms with Crippen molar-refractivity contribution < 1.29 is 0 Å².